The molecule has 6 heteroatoms. The van der Waals surface area contributed by atoms with E-state index < -0.39 is 0 Å². The molecule has 0 radical (unpaired) electrons. The van der Waals surface area contributed by atoms with Gasteiger partial charge in [0.2, 0.25) is 11.8 Å². The zero-order chi connectivity index (χ0) is 20.1. The van der Waals surface area contributed by atoms with Gasteiger partial charge in [0.1, 0.15) is 17.6 Å². The number of carbonyl (C=O) groups is 2. The third-order valence-electron chi connectivity index (χ3n) is 4.19. The highest BCUT2D eigenvalue weighted by atomic mass is 16.5. The van der Waals surface area contributed by atoms with Crippen LogP contribution in [0, 0.1) is 0 Å². The van der Waals surface area contributed by atoms with E-state index in [9.17, 15) is 9.59 Å². The standard InChI is InChI=1S/C22H24N2O4/c1-4-27-20-12-17-10-14(2)28-21(17)11-16(20)8-9-22(26)24-19-7-5-6-18(13-19)23-15(3)25/h5-9,11-14H,4,10H2,1-3H3,(H,23,25)(H,24,26)/b9-8+. The summed E-state index contributed by atoms with van der Waals surface area (Å²) >= 11 is 0. The van der Waals surface area contributed by atoms with Crippen LogP contribution in [0.25, 0.3) is 6.08 Å². The van der Waals surface area contributed by atoms with Crippen molar-refractivity contribution in [3.8, 4) is 11.5 Å². The van der Waals surface area contributed by atoms with Crippen LogP contribution >= 0.6 is 0 Å². The number of ether oxygens (including phenoxy) is 2. The van der Waals surface area contributed by atoms with Gasteiger partial charge in [0.25, 0.3) is 0 Å². The van der Waals surface area contributed by atoms with Crippen molar-refractivity contribution in [3.63, 3.8) is 0 Å². The summed E-state index contributed by atoms with van der Waals surface area (Å²) in [6, 6.07) is 10.9. The zero-order valence-corrected chi connectivity index (χ0v) is 16.2. The summed E-state index contributed by atoms with van der Waals surface area (Å²) in [6.45, 7) is 5.93. The van der Waals surface area contributed by atoms with Gasteiger partial charge >= 0.3 is 0 Å². The fraction of sp³-hybridized carbons (Fsp3) is 0.273. The molecule has 1 aliphatic rings. The van der Waals surface area contributed by atoms with Crippen LogP contribution in [0.2, 0.25) is 0 Å². The Bertz CT molecular complexity index is 921. The molecule has 1 unspecified atom stereocenters. The lowest BCUT2D eigenvalue weighted by molar-refractivity contribution is -0.114. The first-order valence-corrected chi connectivity index (χ1v) is 9.27. The fourth-order valence-electron chi connectivity index (χ4n) is 3.09. The lowest BCUT2D eigenvalue weighted by Crippen LogP contribution is -2.09. The van der Waals surface area contributed by atoms with E-state index in [2.05, 4.69) is 10.6 Å². The molecule has 0 fully saturated rings. The number of carbonyl (C=O) groups excluding carboxylic acids is 2. The Hall–Kier alpha value is -3.28. The predicted octanol–water partition coefficient (Wildman–Crippen LogP) is 4.02. The summed E-state index contributed by atoms with van der Waals surface area (Å²) in [4.78, 5) is 23.5. The monoisotopic (exact) mass is 380 g/mol. The maximum atomic E-state index is 12.3. The van der Waals surface area contributed by atoms with Crippen LogP contribution in [-0.4, -0.2) is 24.5 Å². The van der Waals surface area contributed by atoms with Gasteiger partial charge in [0.05, 0.1) is 6.61 Å². The van der Waals surface area contributed by atoms with E-state index >= 15 is 0 Å². The lowest BCUT2D eigenvalue weighted by atomic mass is 10.1. The molecule has 0 aliphatic carbocycles. The van der Waals surface area contributed by atoms with Crippen LogP contribution in [-0.2, 0) is 16.0 Å². The second kappa shape index (κ2) is 8.61. The van der Waals surface area contributed by atoms with E-state index in [0.29, 0.717) is 18.0 Å². The number of nitrogens with one attached hydrogen (secondary N) is 2. The average Bonchev–Trinajstić information content (AvgIpc) is 2.98. The number of hydrogen-bond acceptors (Lipinski definition) is 4. The first-order valence-electron chi connectivity index (χ1n) is 9.27. The molecule has 3 rings (SSSR count). The Labute approximate surface area is 164 Å². The smallest absolute Gasteiger partial charge is 0.248 e. The first kappa shape index (κ1) is 19.5. The summed E-state index contributed by atoms with van der Waals surface area (Å²) < 4.78 is 11.5. The number of rotatable bonds is 6. The molecule has 1 heterocycles. The SMILES string of the molecule is CCOc1cc2c(cc1/C=C/C(=O)Nc1cccc(NC(C)=O)c1)OC(C)C2. The molecule has 146 valence electrons. The van der Waals surface area contributed by atoms with Gasteiger partial charge in [0.15, 0.2) is 0 Å². The molecule has 1 aliphatic heterocycles. The summed E-state index contributed by atoms with van der Waals surface area (Å²) in [5.74, 6) is 1.12. The lowest BCUT2D eigenvalue weighted by Gasteiger charge is -2.10. The van der Waals surface area contributed by atoms with Crippen molar-refractivity contribution in [1.29, 1.82) is 0 Å². The maximum Gasteiger partial charge on any atom is 0.248 e. The predicted molar refractivity (Wildman–Crippen MR) is 110 cm³/mol. The second-order valence-corrected chi connectivity index (χ2v) is 6.65. The van der Waals surface area contributed by atoms with Crippen molar-refractivity contribution in [2.45, 2.75) is 33.3 Å². The summed E-state index contributed by atoms with van der Waals surface area (Å²) in [7, 11) is 0. The van der Waals surface area contributed by atoms with Gasteiger partial charge in [-0.05, 0) is 50.3 Å². The van der Waals surface area contributed by atoms with Gasteiger partial charge in [-0.2, -0.15) is 0 Å². The van der Waals surface area contributed by atoms with Gasteiger partial charge in [-0.25, -0.2) is 0 Å². The third kappa shape index (κ3) is 4.91. The summed E-state index contributed by atoms with van der Waals surface area (Å²) in [6.07, 6.45) is 4.16. The minimum absolute atomic E-state index is 0.142. The van der Waals surface area contributed by atoms with Crippen molar-refractivity contribution in [2.24, 2.45) is 0 Å². The van der Waals surface area contributed by atoms with Crippen LogP contribution in [0.3, 0.4) is 0 Å². The molecule has 28 heavy (non-hydrogen) atoms. The van der Waals surface area contributed by atoms with E-state index in [1.165, 1.54) is 13.0 Å². The molecule has 0 spiro atoms. The Balaban J connectivity index is 1.74. The molecule has 2 aromatic rings. The number of hydrogen-bond donors (Lipinski definition) is 2. The van der Waals surface area contributed by atoms with E-state index in [1.54, 1.807) is 30.3 Å². The highest BCUT2D eigenvalue weighted by Crippen LogP contribution is 2.35. The number of benzene rings is 2. The minimum Gasteiger partial charge on any atom is -0.493 e. The Morgan fingerprint density at radius 3 is 2.68 bits per heavy atom. The van der Waals surface area contributed by atoms with E-state index in [4.69, 9.17) is 9.47 Å². The van der Waals surface area contributed by atoms with Gasteiger partial charge in [0, 0.05) is 41.9 Å². The van der Waals surface area contributed by atoms with Crippen LogP contribution in [0.5, 0.6) is 11.5 Å². The van der Waals surface area contributed by atoms with Crippen molar-refractivity contribution in [2.75, 3.05) is 17.2 Å². The average molecular weight is 380 g/mol. The van der Waals surface area contributed by atoms with Crippen molar-refractivity contribution < 1.29 is 19.1 Å². The fourth-order valence-corrected chi connectivity index (χ4v) is 3.09. The van der Waals surface area contributed by atoms with Gasteiger partial charge in [-0.3, -0.25) is 9.59 Å². The Morgan fingerprint density at radius 2 is 1.96 bits per heavy atom. The second-order valence-electron chi connectivity index (χ2n) is 6.65. The van der Waals surface area contributed by atoms with E-state index in [1.807, 2.05) is 26.0 Å². The highest BCUT2D eigenvalue weighted by Gasteiger charge is 2.21. The van der Waals surface area contributed by atoms with Crippen LogP contribution in [0.1, 0.15) is 31.9 Å². The van der Waals surface area contributed by atoms with Gasteiger partial charge in [-0.15, -0.1) is 0 Å². The van der Waals surface area contributed by atoms with Gasteiger partial charge in [-0.1, -0.05) is 6.07 Å². The molecule has 6 nitrogen and oxygen atoms in total. The zero-order valence-electron chi connectivity index (χ0n) is 16.2. The molecule has 2 N–H and O–H groups in total. The molecule has 0 aromatic heterocycles. The molecule has 1 atom stereocenters. The Morgan fingerprint density at radius 1 is 1.21 bits per heavy atom. The normalized spacial score (nSPS) is 15.0. The van der Waals surface area contributed by atoms with Crippen LogP contribution in [0.4, 0.5) is 11.4 Å². The van der Waals surface area contributed by atoms with Crippen molar-refractivity contribution in [3.05, 3.63) is 53.6 Å². The number of fused-ring (bicyclic) bond motifs is 1. The summed E-state index contributed by atoms with van der Waals surface area (Å²) in [5.41, 5.74) is 3.12. The molecule has 0 saturated carbocycles. The number of amides is 2. The molecular weight excluding hydrogens is 356 g/mol. The Kier molecular flexibility index (Phi) is 5.99. The first-order chi connectivity index (χ1) is 13.4. The maximum absolute atomic E-state index is 12.3. The summed E-state index contributed by atoms with van der Waals surface area (Å²) in [5, 5.41) is 5.47. The largest absolute Gasteiger partial charge is 0.493 e. The van der Waals surface area contributed by atoms with E-state index in [0.717, 1.165) is 29.0 Å². The number of anilines is 2. The van der Waals surface area contributed by atoms with Crippen molar-refractivity contribution in [1.82, 2.24) is 0 Å². The van der Waals surface area contributed by atoms with Gasteiger partial charge < -0.3 is 20.1 Å². The molecule has 0 saturated heterocycles. The minimum atomic E-state index is -0.280. The molecule has 0 bridgehead atoms. The van der Waals surface area contributed by atoms with Crippen LogP contribution in [0.15, 0.2) is 42.5 Å². The third-order valence-corrected chi connectivity index (χ3v) is 4.19. The van der Waals surface area contributed by atoms with Crippen molar-refractivity contribution >= 4 is 29.3 Å². The highest BCUT2D eigenvalue weighted by molar-refractivity contribution is 6.02. The molecule has 2 aromatic carbocycles. The topological polar surface area (TPSA) is 76.7 Å². The molecule has 2 amide bonds. The van der Waals surface area contributed by atoms with E-state index in [-0.39, 0.29) is 17.9 Å². The molecular formula is C22H24N2O4. The van der Waals surface area contributed by atoms with Crippen LogP contribution < -0.4 is 20.1 Å². The quantitative estimate of drug-likeness (QED) is 0.742.